The van der Waals surface area contributed by atoms with Crippen LogP contribution in [0, 0.1) is 0 Å². The van der Waals surface area contributed by atoms with Gasteiger partial charge in [-0.25, -0.2) is 0 Å². The number of rotatable bonds is 10. The minimum absolute atomic E-state index is 0. The predicted octanol–water partition coefficient (Wildman–Crippen LogP) is 2.72. The molecule has 0 saturated carbocycles. The lowest BCUT2D eigenvalue weighted by atomic mass is 10.2. The fraction of sp³-hybridized carbons (Fsp3) is 0.722. The highest BCUT2D eigenvalue weighted by Crippen LogP contribution is 2.25. The standard InChI is InChI=1S/C18H32N4O2S.HI/c1-19-18(20-8-4-3-5-11-23-2)21-15-16(17-7-6-14-25-17)22-9-12-24-13-10-22;/h6-7,14,16H,3-5,8-13,15H2,1-2H3,(H2,19,20,21);1H. The van der Waals surface area contributed by atoms with Crippen LogP contribution in [-0.4, -0.2) is 71.0 Å². The summed E-state index contributed by atoms with van der Waals surface area (Å²) in [7, 11) is 3.58. The second kappa shape index (κ2) is 14.6. The van der Waals surface area contributed by atoms with Gasteiger partial charge in [0.15, 0.2) is 5.96 Å². The van der Waals surface area contributed by atoms with Crippen LogP contribution in [0.15, 0.2) is 22.5 Å². The molecule has 1 saturated heterocycles. The van der Waals surface area contributed by atoms with Crippen molar-refractivity contribution in [2.45, 2.75) is 25.3 Å². The lowest BCUT2D eigenvalue weighted by molar-refractivity contribution is 0.0177. The summed E-state index contributed by atoms with van der Waals surface area (Å²) in [6, 6.07) is 4.71. The maximum atomic E-state index is 5.50. The van der Waals surface area contributed by atoms with E-state index in [-0.39, 0.29) is 24.0 Å². The van der Waals surface area contributed by atoms with E-state index in [1.807, 2.05) is 18.4 Å². The third kappa shape index (κ3) is 8.51. The van der Waals surface area contributed by atoms with Crippen molar-refractivity contribution in [2.24, 2.45) is 4.99 Å². The van der Waals surface area contributed by atoms with Gasteiger partial charge in [0.25, 0.3) is 0 Å². The van der Waals surface area contributed by atoms with Crippen molar-refractivity contribution in [1.82, 2.24) is 15.5 Å². The third-order valence-electron chi connectivity index (χ3n) is 4.36. The molecule has 0 aliphatic carbocycles. The Morgan fingerprint density at radius 1 is 1.31 bits per heavy atom. The molecular formula is C18H33IN4O2S. The van der Waals surface area contributed by atoms with E-state index in [4.69, 9.17) is 9.47 Å². The first-order chi connectivity index (χ1) is 12.3. The van der Waals surface area contributed by atoms with Crippen molar-refractivity contribution in [3.8, 4) is 0 Å². The zero-order chi connectivity index (χ0) is 17.7. The smallest absolute Gasteiger partial charge is 0.191 e. The molecule has 1 fully saturated rings. The van der Waals surface area contributed by atoms with E-state index in [9.17, 15) is 0 Å². The van der Waals surface area contributed by atoms with Crippen molar-refractivity contribution in [3.05, 3.63) is 22.4 Å². The van der Waals surface area contributed by atoms with E-state index in [2.05, 4.69) is 38.0 Å². The van der Waals surface area contributed by atoms with Crippen molar-refractivity contribution < 1.29 is 9.47 Å². The fourth-order valence-corrected chi connectivity index (χ4v) is 3.81. The monoisotopic (exact) mass is 496 g/mol. The van der Waals surface area contributed by atoms with Gasteiger partial charge >= 0.3 is 0 Å². The Balaban J connectivity index is 0.00000338. The van der Waals surface area contributed by atoms with Crippen molar-refractivity contribution in [1.29, 1.82) is 0 Å². The normalized spacial score (nSPS) is 16.8. The third-order valence-corrected chi connectivity index (χ3v) is 5.34. The Bertz CT molecular complexity index is 482. The van der Waals surface area contributed by atoms with Crippen LogP contribution < -0.4 is 10.6 Å². The molecule has 1 aromatic heterocycles. The second-order valence-corrected chi connectivity index (χ2v) is 7.09. The van der Waals surface area contributed by atoms with E-state index in [1.165, 1.54) is 11.3 Å². The number of aliphatic imine (C=N–C) groups is 1. The lowest BCUT2D eigenvalue weighted by Gasteiger charge is -2.34. The summed E-state index contributed by atoms with van der Waals surface area (Å²) in [5, 5.41) is 9.05. The number of nitrogens with zero attached hydrogens (tertiary/aromatic N) is 2. The summed E-state index contributed by atoms with van der Waals surface area (Å²) in [6.45, 7) is 6.22. The van der Waals surface area contributed by atoms with Crippen LogP contribution >= 0.6 is 35.3 Å². The topological polar surface area (TPSA) is 58.1 Å². The second-order valence-electron chi connectivity index (χ2n) is 6.11. The van der Waals surface area contributed by atoms with Crippen LogP contribution in [0.3, 0.4) is 0 Å². The van der Waals surface area contributed by atoms with E-state index >= 15 is 0 Å². The molecule has 1 unspecified atom stereocenters. The number of ether oxygens (including phenoxy) is 2. The molecule has 1 aliphatic heterocycles. The quantitative estimate of drug-likeness (QED) is 0.226. The van der Waals surface area contributed by atoms with Crippen LogP contribution in [0.1, 0.15) is 30.2 Å². The van der Waals surface area contributed by atoms with Gasteiger partial charge in [0.2, 0.25) is 0 Å². The number of methoxy groups -OCH3 is 1. The van der Waals surface area contributed by atoms with Crippen LogP contribution in [0.4, 0.5) is 0 Å². The number of morpholine rings is 1. The number of thiophene rings is 1. The van der Waals surface area contributed by atoms with E-state index in [0.29, 0.717) is 6.04 Å². The molecular weight excluding hydrogens is 463 g/mol. The maximum Gasteiger partial charge on any atom is 0.191 e. The number of unbranched alkanes of at least 4 members (excludes halogenated alkanes) is 2. The van der Waals surface area contributed by atoms with Gasteiger partial charge in [-0.05, 0) is 30.7 Å². The maximum absolute atomic E-state index is 5.50. The highest BCUT2D eigenvalue weighted by atomic mass is 127. The van der Waals surface area contributed by atoms with Crippen LogP contribution in [0.2, 0.25) is 0 Å². The molecule has 1 atom stereocenters. The highest BCUT2D eigenvalue weighted by molar-refractivity contribution is 14.0. The molecule has 0 aromatic carbocycles. The molecule has 1 aromatic rings. The Kier molecular flexibility index (Phi) is 13.3. The molecule has 8 heteroatoms. The van der Waals surface area contributed by atoms with Crippen LogP contribution in [0.25, 0.3) is 0 Å². The molecule has 0 spiro atoms. The SMILES string of the molecule is CN=C(NCCCCCOC)NCC(c1cccs1)N1CCOCC1.I. The van der Waals surface area contributed by atoms with Gasteiger partial charge in [-0.3, -0.25) is 9.89 Å². The number of guanidine groups is 1. The molecule has 6 nitrogen and oxygen atoms in total. The minimum atomic E-state index is 0. The summed E-state index contributed by atoms with van der Waals surface area (Å²) in [5.74, 6) is 0.876. The van der Waals surface area contributed by atoms with Gasteiger partial charge in [-0.1, -0.05) is 6.07 Å². The van der Waals surface area contributed by atoms with Crippen molar-refractivity contribution in [2.75, 3.05) is 60.2 Å². The van der Waals surface area contributed by atoms with E-state index < -0.39 is 0 Å². The molecule has 26 heavy (non-hydrogen) atoms. The Morgan fingerprint density at radius 2 is 2.12 bits per heavy atom. The van der Waals surface area contributed by atoms with Gasteiger partial charge in [0.1, 0.15) is 0 Å². The van der Waals surface area contributed by atoms with Gasteiger partial charge < -0.3 is 20.1 Å². The number of halogens is 1. The zero-order valence-corrected chi connectivity index (χ0v) is 19.1. The first kappa shape index (κ1) is 23.6. The molecule has 0 bridgehead atoms. The average Bonchev–Trinajstić information content (AvgIpc) is 3.18. The van der Waals surface area contributed by atoms with Crippen molar-refractivity contribution in [3.63, 3.8) is 0 Å². The first-order valence-electron chi connectivity index (χ1n) is 9.13. The zero-order valence-electron chi connectivity index (χ0n) is 15.9. The highest BCUT2D eigenvalue weighted by Gasteiger charge is 2.23. The van der Waals surface area contributed by atoms with Gasteiger partial charge in [-0.15, -0.1) is 35.3 Å². The minimum Gasteiger partial charge on any atom is -0.385 e. The number of hydrogen-bond acceptors (Lipinski definition) is 5. The molecule has 2 rings (SSSR count). The number of nitrogens with one attached hydrogen (secondary N) is 2. The van der Waals surface area contributed by atoms with Crippen molar-refractivity contribution >= 4 is 41.3 Å². The number of hydrogen-bond donors (Lipinski definition) is 2. The Labute approximate surface area is 178 Å². The van der Waals surface area contributed by atoms with Gasteiger partial charge in [0.05, 0.1) is 19.3 Å². The van der Waals surface area contributed by atoms with Gasteiger partial charge in [0, 0.05) is 51.8 Å². The molecule has 2 N–H and O–H groups in total. The average molecular weight is 496 g/mol. The van der Waals surface area contributed by atoms with Crippen LogP contribution in [0.5, 0.6) is 0 Å². The Morgan fingerprint density at radius 3 is 2.77 bits per heavy atom. The van der Waals surface area contributed by atoms with E-state index in [1.54, 1.807) is 7.11 Å². The summed E-state index contributed by atoms with van der Waals surface area (Å²) in [4.78, 5) is 8.24. The molecule has 0 radical (unpaired) electrons. The van der Waals surface area contributed by atoms with Gasteiger partial charge in [-0.2, -0.15) is 0 Å². The van der Waals surface area contributed by atoms with Crippen LogP contribution in [-0.2, 0) is 9.47 Å². The summed E-state index contributed by atoms with van der Waals surface area (Å²) >= 11 is 1.82. The molecule has 2 heterocycles. The molecule has 1 aliphatic rings. The largest absolute Gasteiger partial charge is 0.385 e. The summed E-state index contributed by atoms with van der Waals surface area (Å²) in [6.07, 6.45) is 3.41. The van der Waals surface area contributed by atoms with E-state index in [0.717, 1.165) is 64.8 Å². The molecule has 150 valence electrons. The molecule has 0 amide bonds. The Hall–Kier alpha value is -0.420. The fourth-order valence-electron chi connectivity index (χ4n) is 2.95. The predicted molar refractivity (Wildman–Crippen MR) is 120 cm³/mol. The summed E-state index contributed by atoms with van der Waals surface area (Å²) in [5.41, 5.74) is 0. The lowest BCUT2D eigenvalue weighted by Crippen LogP contribution is -2.46. The first-order valence-corrected chi connectivity index (χ1v) is 10.0. The summed E-state index contributed by atoms with van der Waals surface area (Å²) < 4.78 is 10.6.